The Morgan fingerprint density at radius 1 is 1.35 bits per heavy atom. The minimum atomic E-state index is 0. The first-order valence-corrected chi connectivity index (χ1v) is 8.78. The van der Waals surface area contributed by atoms with Crippen molar-refractivity contribution in [2.24, 2.45) is 11.1 Å². The quantitative estimate of drug-likeness (QED) is 0.814. The predicted octanol–water partition coefficient (Wildman–Crippen LogP) is 3.81. The Labute approximate surface area is 156 Å². The molecule has 0 atom stereocenters. The van der Waals surface area contributed by atoms with Crippen LogP contribution in [-0.2, 0) is 17.8 Å². The second kappa shape index (κ2) is 10.5. The van der Waals surface area contributed by atoms with Crippen molar-refractivity contribution < 1.29 is 4.79 Å². The average molecular weight is 382 g/mol. The topological polar surface area (TPSA) is 59.2 Å². The summed E-state index contributed by atoms with van der Waals surface area (Å²) in [7, 11) is 1.88. The van der Waals surface area contributed by atoms with E-state index in [0.29, 0.717) is 19.5 Å². The lowest BCUT2D eigenvalue weighted by molar-refractivity contribution is -0.133. The standard InChI is InChI=1S/C16H27N3OS.2ClH/c1-3-13-10-18-14(21-13)11-19(2)15(20)9-16(12-17)7-5-4-6-8-16;;/h10H,3-9,11-12,17H2,1-2H3;2*1H. The van der Waals surface area contributed by atoms with Gasteiger partial charge in [-0.25, -0.2) is 4.98 Å². The summed E-state index contributed by atoms with van der Waals surface area (Å²) in [5.74, 6) is 0.204. The summed E-state index contributed by atoms with van der Waals surface area (Å²) >= 11 is 1.70. The molecule has 134 valence electrons. The van der Waals surface area contributed by atoms with Crippen LogP contribution < -0.4 is 5.73 Å². The molecule has 4 nitrogen and oxygen atoms in total. The molecule has 1 amide bonds. The van der Waals surface area contributed by atoms with Crippen LogP contribution in [0.2, 0.25) is 0 Å². The lowest BCUT2D eigenvalue weighted by Gasteiger charge is -2.36. The smallest absolute Gasteiger partial charge is 0.223 e. The third kappa shape index (κ3) is 6.22. The number of aryl methyl sites for hydroxylation is 1. The molecule has 0 aromatic carbocycles. The second-order valence-corrected chi connectivity index (χ2v) is 7.46. The van der Waals surface area contributed by atoms with Gasteiger partial charge in [0, 0.05) is 24.5 Å². The zero-order valence-electron chi connectivity index (χ0n) is 14.0. The summed E-state index contributed by atoms with van der Waals surface area (Å²) in [4.78, 5) is 20.0. The van der Waals surface area contributed by atoms with Crippen molar-refractivity contribution in [1.82, 2.24) is 9.88 Å². The van der Waals surface area contributed by atoms with E-state index in [0.717, 1.165) is 24.3 Å². The number of hydrogen-bond acceptors (Lipinski definition) is 4. The Morgan fingerprint density at radius 2 is 2.00 bits per heavy atom. The molecule has 23 heavy (non-hydrogen) atoms. The Morgan fingerprint density at radius 3 is 2.52 bits per heavy atom. The fourth-order valence-corrected chi connectivity index (χ4v) is 4.00. The highest BCUT2D eigenvalue weighted by molar-refractivity contribution is 7.11. The molecule has 0 spiro atoms. The first-order valence-electron chi connectivity index (χ1n) is 7.96. The van der Waals surface area contributed by atoms with E-state index in [4.69, 9.17) is 5.73 Å². The number of thiazole rings is 1. The molecule has 0 bridgehead atoms. The maximum absolute atomic E-state index is 12.5. The molecule has 1 aromatic rings. The van der Waals surface area contributed by atoms with Gasteiger partial charge in [-0.2, -0.15) is 0 Å². The van der Waals surface area contributed by atoms with E-state index in [2.05, 4.69) is 11.9 Å². The number of hydrogen-bond donors (Lipinski definition) is 1. The van der Waals surface area contributed by atoms with Crippen molar-refractivity contribution in [3.05, 3.63) is 16.1 Å². The van der Waals surface area contributed by atoms with Crippen LogP contribution in [0.15, 0.2) is 6.20 Å². The molecule has 2 rings (SSSR count). The van der Waals surface area contributed by atoms with Crippen LogP contribution in [0.25, 0.3) is 0 Å². The molecular weight excluding hydrogens is 353 g/mol. The van der Waals surface area contributed by atoms with Gasteiger partial charge in [0.2, 0.25) is 5.91 Å². The van der Waals surface area contributed by atoms with Crippen molar-refractivity contribution in [2.75, 3.05) is 13.6 Å². The lowest BCUT2D eigenvalue weighted by Crippen LogP contribution is -2.39. The number of amides is 1. The molecule has 1 saturated carbocycles. The van der Waals surface area contributed by atoms with Crippen molar-refractivity contribution in [3.8, 4) is 0 Å². The Hall–Kier alpha value is -0.360. The molecule has 2 N–H and O–H groups in total. The van der Waals surface area contributed by atoms with E-state index < -0.39 is 0 Å². The molecular formula is C16H29Cl2N3OS. The first-order chi connectivity index (χ1) is 10.1. The Balaban J connectivity index is 0.00000242. The van der Waals surface area contributed by atoms with Crippen LogP contribution in [0.5, 0.6) is 0 Å². The van der Waals surface area contributed by atoms with Gasteiger partial charge in [0.25, 0.3) is 0 Å². The summed E-state index contributed by atoms with van der Waals surface area (Å²) in [5.41, 5.74) is 6.02. The molecule has 0 radical (unpaired) electrons. The van der Waals surface area contributed by atoms with Gasteiger partial charge < -0.3 is 10.6 Å². The fraction of sp³-hybridized carbons (Fsp3) is 0.750. The van der Waals surface area contributed by atoms with Gasteiger partial charge >= 0.3 is 0 Å². The molecule has 1 aliphatic carbocycles. The number of halogens is 2. The van der Waals surface area contributed by atoms with E-state index in [9.17, 15) is 4.79 Å². The summed E-state index contributed by atoms with van der Waals surface area (Å²) in [6, 6.07) is 0. The van der Waals surface area contributed by atoms with Gasteiger partial charge in [0.1, 0.15) is 5.01 Å². The summed E-state index contributed by atoms with van der Waals surface area (Å²) in [6.45, 7) is 3.37. The number of carbonyl (C=O) groups is 1. The van der Waals surface area contributed by atoms with Gasteiger partial charge in [0.15, 0.2) is 0 Å². The van der Waals surface area contributed by atoms with Crippen LogP contribution in [0.4, 0.5) is 0 Å². The summed E-state index contributed by atoms with van der Waals surface area (Å²) in [6.07, 6.45) is 9.41. The van der Waals surface area contributed by atoms with Gasteiger partial charge in [-0.3, -0.25) is 4.79 Å². The highest BCUT2D eigenvalue weighted by Crippen LogP contribution is 2.38. The predicted molar refractivity (Wildman–Crippen MR) is 102 cm³/mol. The van der Waals surface area contributed by atoms with Gasteiger partial charge in [-0.05, 0) is 31.2 Å². The third-order valence-electron chi connectivity index (χ3n) is 4.62. The molecule has 0 aliphatic heterocycles. The molecule has 1 aliphatic rings. The zero-order valence-corrected chi connectivity index (χ0v) is 16.5. The first kappa shape index (κ1) is 22.6. The van der Waals surface area contributed by atoms with Gasteiger partial charge in [-0.15, -0.1) is 36.2 Å². The van der Waals surface area contributed by atoms with Gasteiger partial charge in [0.05, 0.1) is 6.54 Å². The molecule has 7 heteroatoms. The van der Waals surface area contributed by atoms with Crippen LogP contribution in [0.3, 0.4) is 0 Å². The molecule has 1 fully saturated rings. The molecule has 1 aromatic heterocycles. The maximum Gasteiger partial charge on any atom is 0.223 e. The van der Waals surface area contributed by atoms with E-state index in [-0.39, 0.29) is 36.1 Å². The maximum atomic E-state index is 12.5. The highest BCUT2D eigenvalue weighted by atomic mass is 35.5. The fourth-order valence-electron chi connectivity index (χ4n) is 3.09. The van der Waals surface area contributed by atoms with Crippen molar-refractivity contribution in [2.45, 2.75) is 58.4 Å². The van der Waals surface area contributed by atoms with E-state index in [1.165, 1.54) is 24.1 Å². The van der Waals surface area contributed by atoms with Crippen LogP contribution in [0.1, 0.15) is 55.3 Å². The molecule has 1 heterocycles. The number of carbonyl (C=O) groups excluding carboxylic acids is 1. The second-order valence-electron chi connectivity index (χ2n) is 6.27. The SMILES string of the molecule is CCc1cnc(CN(C)C(=O)CC2(CN)CCCCC2)s1.Cl.Cl. The normalized spacial score (nSPS) is 16.1. The number of nitrogens with zero attached hydrogens (tertiary/aromatic N) is 2. The van der Waals surface area contributed by atoms with Crippen molar-refractivity contribution in [1.29, 1.82) is 0 Å². The third-order valence-corrected chi connectivity index (χ3v) is 5.75. The Kier molecular flexibility index (Phi) is 10.3. The lowest BCUT2D eigenvalue weighted by atomic mass is 9.71. The largest absolute Gasteiger partial charge is 0.339 e. The average Bonchev–Trinajstić information content (AvgIpc) is 2.95. The number of aromatic nitrogens is 1. The summed E-state index contributed by atoms with van der Waals surface area (Å²) in [5, 5.41) is 1.02. The van der Waals surface area contributed by atoms with E-state index in [1.807, 2.05) is 18.1 Å². The molecule has 0 unspecified atom stereocenters. The summed E-state index contributed by atoms with van der Waals surface area (Å²) < 4.78 is 0. The minimum absolute atomic E-state index is 0. The monoisotopic (exact) mass is 381 g/mol. The van der Waals surface area contributed by atoms with Crippen molar-refractivity contribution in [3.63, 3.8) is 0 Å². The van der Waals surface area contributed by atoms with Crippen LogP contribution >= 0.6 is 36.2 Å². The van der Waals surface area contributed by atoms with Crippen LogP contribution in [0, 0.1) is 5.41 Å². The molecule has 0 saturated heterocycles. The minimum Gasteiger partial charge on any atom is -0.339 e. The van der Waals surface area contributed by atoms with Crippen molar-refractivity contribution >= 4 is 42.1 Å². The van der Waals surface area contributed by atoms with Crippen LogP contribution in [-0.4, -0.2) is 29.4 Å². The van der Waals surface area contributed by atoms with Gasteiger partial charge in [-0.1, -0.05) is 26.2 Å². The highest BCUT2D eigenvalue weighted by Gasteiger charge is 2.33. The Bertz CT molecular complexity index is 476. The number of rotatable bonds is 6. The van der Waals surface area contributed by atoms with E-state index in [1.54, 1.807) is 11.3 Å². The number of nitrogens with two attached hydrogens (primary N) is 1. The van der Waals surface area contributed by atoms with E-state index >= 15 is 0 Å². The zero-order chi connectivity index (χ0) is 15.3.